The summed E-state index contributed by atoms with van der Waals surface area (Å²) >= 11 is 0. The molecule has 1 aromatic carbocycles. The van der Waals surface area contributed by atoms with Crippen LogP contribution in [0.2, 0.25) is 0 Å². The summed E-state index contributed by atoms with van der Waals surface area (Å²) in [5.41, 5.74) is 1.18. The molecule has 0 aliphatic heterocycles. The lowest BCUT2D eigenvalue weighted by molar-refractivity contribution is 0.230. The van der Waals surface area contributed by atoms with Gasteiger partial charge in [-0.05, 0) is 25.5 Å². The first kappa shape index (κ1) is 16.8. The van der Waals surface area contributed by atoms with Gasteiger partial charge in [0.1, 0.15) is 11.5 Å². The predicted octanol–water partition coefficient (Wildman–Crippen LogP) is 4.01. The minimum absolute atomic E-state index is 0.642. The lowest BCUT2D eigenvalue weighted by atomic mass is 10.0. The van der Waals surface area contributed by atoms with Crippen molar-refractivity contribution in [3.63, 3.8) is 0 Å². The van der Waals surface area contributed by atoms with Crippen molar-refractivity contribution in [1.29, 1.82) is 0 Å². The molecular formula is C17H29NO2. The molecule has 1 atom stereocenters. The molecule has 0 aliphatic rings. The molecule has 0 heterocycles. The molecular weight excluding hydrogens is 250 g/mol. The first-order valence-corrected chi connectivity index (χ1v) is 7.69. The molecule has 20 heavy (non-hydrogen) atoms. The number of benzene rings is 1. The van der Waals surface area contributed by atoms with Crippen LogP contribution in [0, 0.1) is 5.92 Å². The van der Waals surface area contributed by atoms with Crippen LogP contribution in [0.25, 0.3) is 0 Å². The molecule has 0 fully saturated rings. The second-order valence-electron chi connectivity index (χ2n) is 5.23. The van der Waals surface area contributed by atoms with Gasteiger partial charge in [-0.2, -0.15) is 0 Å². The van der Waals surface area contributed by atoms with Crippen molar-refractivity contribution in [2.45, 2.75) is 46.1 Å². The molecule has 3 nitrogen and oxygen atoms in total. The van der Waals surface area contributed by atoms with Crippen LogP contribution < -0.4 is 14.8 Å². The van der Waals surface area contributed by atoms with E-state index >= 15 is 0 Å². The molecule has 0 saturated heterocycles. The number of ether oxygens (including phenoxy) is 2. The summed E-state index contributed by atoms with van der Waals surface area (Å²) in [4.78, 5) is 0. The molecule has 1 N–H and O–H groups in total. The molecule has 1 unspecified atom stereocenters. The van der Waals surface area contributed by atoms with E-state index in [9.17, 15) is 0 Å². The highest BCUT2D eigenvalue weighted by atomic mass is 16.5. The minimum Gasteiger partial charge on any atom is -0.497 e. The highest BCUT2D eigenvalue weighted by molar-refractivity contribution is 5.40. The molecule has 3 heteroatoms. The van der Waals surface area contributed by atoms with Gasteiger partial charge >= 0.3 is 0 Å². The first-order chi connectivity index (χ1) is 9.74. The second kappa shape index (κ2) is 9.65. The normalized spacial score (nSPS) is 12.2. The molecule has 1 rings (SSSR count). The van der Waals surface area contributed by atoms with E-state index in [4.69, 9.17) is 9.47 Å². The Morgan fingerprint density at radius 2 is 2.05 bits per heavy atom. The average molecular weight is 279 g/mol. The molecule has 0 saturated carbocycles. The number of nitrogens with one attached hydrogen (secondary N) is 1. The van der Waals surface area contributed by atoms with Crippen LogP contribution in [-0.2, 0) is 6.54 Å². The molecule has 1 aromatic rings. The zero-order valence-corrected chi connectivity index (χ0v) is 13.4. The van der Waals surface area contributed by atoms with Gasteiger partial charge in [0.05, 0.1) is 13.7 Å². The fraction of sp³-hybridized carbons (Fsp3) is 0.647. The number of hydrogen-bond donors (Lipinski definition) is 1. The van der Waals surface area contributed by atoms with Crippen LogP contribution in [0.15, 0.2) is 18.2 Å². The van der Waals surface area contributed by atoms with Crippen LogP contribution in [-0.4, -0.2) is 20.8 Å². The average Bonchev–Trinajstić information content (AvgIpc) is 2.49. The lowest BCUT2D eigenvalue weighted by Gasteiger charge is -2.18. The summed E-state index contributed by atoms with van der Waals surface area (Å²) < 4.78 is 11.3. The van der Waals surface area contributed by atoms with Gasteiger partial charge in [0.15, 0.2) is 0 Å². The van der Waals surface area contributed by atoms with Gasteiger partial charge in [-0.15, -0.1) is 0 Å². The third-order valence-corrected chi connectivity index (χ3v) is 3.66. The zero-order chi connectivity index (χ0) is 14.8. The summed E-state index contributed by atoms with van der Waals surface area (Å²) in [6.45, 7) is 6.08. The summed E-state index contributed by atoms with van der Waals surface area (Å²) in [5, 5.41) is 3.18. The maximum atomic E-state index is 6.06. The van der Waals surface area contributed by atoms with Crippen LogP contribution in [0.1, 0.15) is 45.1 Å². The largest absolute Gasteiger partial charge is 0.497 e. The van der Waals surface area contributed by atoms with E-state index in [2.05, 4.69) is 25.2 Å². The number of hydrogen-bond acceptors (Lipinski definition) is 3. The summed E-state index contributed by atoms with van der Waals surface area (Å²) in [6, 6.07) is 6.03. The third kappa shape index (κ3) is 5.41. The monoisotopic (exact) mass is 279 g/mol. The predicted molar refractivity (Wildman–Crippen MR) is 84.6 cm³/mol. The topological polar surface area (TPSA) is 30.5 Å². The Labute approximate surface area is 123 Å². The molecule has 0 bridgehead atoms. The van der Waals surface area contributed by atoms with Crippen molar-refractivity contribution in [2.75, 3.05) is 20.8 Å². The molecule has 0 radical (unpaired) electrons. The van der Waals surface area contributed by atoms with E-state index < -0.39 is 0 Å². The highest BCUT2D eigenvalue weighted by Crippen LogP contribution is 2.26. The summed E-state index contributed by atoms with van der Waals surface area (Å²) in [6.07, 6.45) is 4.95. The fourth-order valence-corrected chi connectivity index (χ4v) is 2.24. The minimum atomic E-state index is 0.642. The maximum absolute atomic E-state index is 6.06. The van der Waals surface area contributed by atoms with Crippen LogP contribution in [0.4, 0.5) is 0 Å². The van der Waals surface area contributed by atoms with Gasteiger partial charge < -0.3 is 14.8 Å². The highest BCUT2D eigenvalue weighted by Gasteiger charge is 2.10. The maximum Gasteiger partial charge on any atom is 0.127 e. The number of methoxy groups -OCH3 is 1. The molecule has 0 spiro atoms. The SMILES string of the molecule is CCCCC(CC)COc1cc(OC)ccc1CNC. The standard InChI is InChI=1S/C17H29NO2/c1-5-7-8-14(6-2)13-20-17-11-16(19-4)10-9-15(17)12-18-3/h9-11,14,18H,5-8,12-13H2,1-4H3. The summed E-state index contributed by atoms with van der Waals surface area (Å²) in [7, 11) is 3.64. The van der Waals surface area contributed by atoms with Crippen molar-refractivity contribution in [1.82, 2.24) is 5.32 Å². The number of rotatable bonds is 10. The molecule has 0 amide bonds. The fourth-order valence-electron chi connectivity index (χ4n) is 2.24. The second-order valence-corrected chi connectivity index (χ2v) is 5.23. The number of unbranched alkanes of at least 4 members (excludes halogenated alkanes) is 1. The Balaban J connectivity index is 2.67. The Kier molecular flexibility index (Phi) is 8.12. The van der Waals surface area contributed by atoms with Gasteiger partial charge in [-0.3, -0.25) is 0 Å². The zero-order valence-electron chi connectivity index (χ0n) is 13.4. The molecule has 114 valence electrons. The molecule has 0 aliphatic carbocycles. The van der Waals surface area contributed by atoms with E-state index in [1.54, 1.807) is 7.11 Å². The van der Waals surface area contributed by atoms with Gasteiger partial charge in [0.25, 0.3) is 0 Å². The van der Waals surface area contributed by atoms with E-state index in [1.165, 1.54) is 31.2 Å². The van der Waals surface area contributed by atoms with Crippen LogP contribution in [0.5, 0.6) is 11.5 Å². The Morgan fingerprint density at radius 1 is 1.25 bits per heavy atom. The Morgan fingerprint density at radius 3 is 2.65 bits per heavy atom. The molecule has 0 aromatic heterocycles. The van der Waals surface area contributed by atoms with Crippen molar-refractivity contribution in [2.24, 2.45) is 5.92 Å². The van der Waals surface area contributed by atoms with E-state index in [1.807, 2.05) is 19.2 Å². The van der Waals surface area contributed by atoms with Crippen molar-refractivity contribution < 1.29 is 9.47 Å². The summed E-state index contributed by atoms with van der Waals surface area (Å²) in [5.74, 6) is 2.43. The van der Waals surface area contributed by atoms with Crippen molar-refractivity contribution >= 4 is 0 Å². The smallest absolute Gasteiger partial charge is 0.127 e. The third-order valence-electron chi connectivity index (χ3n) is 3.66. The van der Waals surface area contributed by atoms with Gasteiger partial charge in [0.2, 0.25) is 0 Å². The first-order valence-electron chi connectivity index (χ1n) is 7.69. The van der Waals surface area contributed by atoms with Gasteiger partial charge in [-0.25, -0.2) is 0 Å². The van der Waals surface area contributed by atoms with E-state index in [0.717, 1.165) is 24.7 Å². The quantitative estimate of drug-likeness (QED) is 0.702. The van der Waals surface area contributed by atoms with E-state index in [0.29, 0.717) is 5.92 Å². The van der Waals surface area contributed by atoms with Gasteiger partial charge in [0, 0.05) is 18.2 Å². The lowest BCUT2D eigenvalue weighted by Crippen LogP contribution is -2.13. The van der Waals surface area contributed by atoms with Crippen molar-refractivity contribution in [3.8, 4) is 11.5 Å². The van der Waals surface area contributed by atoms with E-state index in [-0.39, 0.29) is 0 Å². The van der Waals surface area contributed by atoms with Gasteiger partial charge in [-0.1, -0.05) is 39.2 Å². The Bertz CT molecular complexity index is 379. The van der Waals surface area contributed by atoms with Crippen LogP contribution in [0.3, 0.4) is 0 Å². The van der Waals surface area contributed by atoms with Crippen LogP contribution >= 0.6 is 0 Å². The Hall–Kier alpha value is -1.22. The van der Waals surface area contributed by atoms with Crippen molar-refractivity contribution in [3.05, 3.63) is 23.8 Å².